The second-order valence-corrected chi connectivity index (χ2v) is 5.40. The molecule has 0 amide bonds. The Morgan fingerprint density at radius 3 is 2.88 bits per heavy atom. The number of para-hydroxylation sites is 1. The maximum atomic E-state index is 12.3. The monoisotopic (exact) mass is 358 g/mol. The number of thiocarbonyl (C=S) groups is 1. The third-order valence-corrected chi connectivity index (χ3v) is 3.56. The molecule has 1 heterocycles. The molecule has 24 heavy (non-hydrogen) atoms. The Hall–Kier alpha value is -1.84. The number of hydrazone groups is 1. The van der Waals surface area contributed by atoms with Crippen LogP contribution in [0.1, 0.15) is 5.56 Å². The zero-order chi connectivity index (χ0) is 17.2. The average molecular weight is 358 g/mol. The molecule has 1 saturated heterocycles. The molecule has 9 heteroatoms. The molecule has 0 saturated carbocycles. The van der Waals surface area contributed by atoms with Crippen LogP contribution in [0, 0.1) is 0 Å². The Morgan fingerprint density at radius 1 is 1.38 bits per heavy atom. The summed E-state index contributed by atoms with van der Waals surface area (Å²) in [5.41, 5.74) is 3.08. The van der Waals surface area contributed by atoms with E-state index in [9.17, 15) is 8.78 Å². The summed E-state index contributed by atoms with van der Waals surface area (Å²) in [5.74, 6) is 0.0595. The van der Waals surface area contributed by atoms with Gasteiger partial charge in [0.25, 0.3) is 0 Å². The topological polar surface area (TPSA) is 58.1 Å². The summed E-state index contributed by atoms with van der Waals surface area (Å²) in [7, 11) is 0. The van der Waals surface area contributed by atoms with E-state index in [-0.39, 0.29) is 5.75 Å². The number of alkyl halides is 2. The maximum Gasteiger partial charge on any atom is 0.387 e. The van der Waals surface area contributed by atoms with Gasteiger partial charge in [0.15, 0.2) is 5.11 Å². The molecule has 0 aliphatic carbocycles. The van der Waals surface area contributed by atoms with Crippen LogP contribution >= 0.6 is 12.2 Å². The minimum atomic E-state index is -2.88. The normalized spacial score (nSPS) is 15.6. The molecule has 6 nitrogen and oxygen atoms in total. The van der Waals surface area contributed by atoms with Gasteiger partial charge in [-0.05, 0) is 24.4 Å². The van der Waals surface area contributed by atoms with Crippen LogP contribution in [0.15, 0.2) is 29.4 Å². The molecule has 0 atom stereocenters. The van der Waals surface area contributed by atoms with E-state index in [1.54, 1.807) is 18.2 Å². The van der Waals surface area contributed by atoms with Crippen molar-refractivity contribution >= 4 is 23.5 Å². The molecule has 1 fully saturated rings. The molecule has 1 aromatic rings. The van der Waals surface area contributed by atoms with Crippen LogP contribution in [-0.4, -0.2) is 62.2 Å². The van der Waals surface area contributed by atoms with Crippen molar-refractivity contribution in [3.63, 3.8) is 0 Å². The fourth-order valence-electron chi connectivity index (χ4n) is 2.14. The zero-order valence-electron chi connectivity index (χ0n) is 13.1. The van der Waals surface area contributed by atoms with Crippen molar-refractivity contribution in [1.29, 1.82) is 0 Å². The summed E-state index contributed by atoms with van der Waals surface area (Å²) < 4.78 is 34.3. The lowest BCUT2D eigenvalue weighted by Gasteiger charge is -2.26. The molecule has 0 spiro atoms. The van der Waals surface area contributed by atoms with E-state index in [2.05, 4.69) is 25.5 Å². The third kappa shape index (κ3) is 6.73. The smallest absolute Gasteiger partial charge is 0.387 e. The Bertz CT molecular complexity index is 554. The van der Waals surface area contributed by atoms with Crippen molar-refractivity contribution < 1.29 is 18.3 Å². The lowest BCUT2D eigenvalue weighted by atomic mass is 10.2. The zero-order valence-corrected chi connectivity index (χ0v) is 13.9. The van der Waals surface area contributed by atoms with Gasteiger partial charge in [-0.25, -0.2) is 0 Å². The summed E-state index contributed by atoms with van der Waals surface area (Å²) in [6.45, 7) is 2.02. The first-order chi connectivity index (χ1) is 11.6. The molecule has 0 unspecified atom stereocenters. The van der Waals surface area contributed by atoms with Gasteiger partial charge in [-0.3, -0.25) is 10.3 Å². The average Bonchev–Trinajstić information content (AvgIpc) is 2.57. The summed E-state index contributed by atoms with van der Waals surface area (Å²) >= 11 is 5.11. The number of halogens is 2. The second kappa shape index (κ2) is 10.1. The Balaban J connectivity index is 1.72. The largest absolute Gasteiger partial charge is 0.434 e. The quantitative estimate of drug-likeness (QED) is 0.437. The number of nitrogens with zero attached hydrogens (tertiary/aromatic N) is 2. The first-order valence-corrected chi connectivity index (χ1v) is 7.97. The van der Waals surface area contributed by atoms with Crippen LogP contribution in [0.3, 0.4) is 0 Å². The standard InChI is InChI=1S/C15H20F2N4O2S/c16-14(17)23-13-4-2-1-3-12(13)11-19-20-15(24)18-5-6-21-7-9-22-10-8-21/h1-4,11,14H,5-10H2,(H2,18,20,24)/b19-11-. The summed E-state index contributed by atoms with van der Waals surface area (Å²) in [4.78, 5) is 2.28. The van der Waals surface area contributed by atoms with E-state index in [0.29, 0.717) is 17.2 Å². The van der Waals surface area contributed by atoms with E-state index in [0.717, 1.165) is 32.8 Å². The molecule has 2 N–H and O–H groups in total. The molecule has 1 aliphatic heterocycles. The summed E-state index contributed by atoms with van der Waals surface area (Å²) in [5, 5.41) is 7.34. The van der Waals surface area contributed by atoms with Gasteiger partial charge in [0.05, 0.1) is 19.4 Å². The van der Waals surface area contributed by atoms with Crippen molar-refractivity contribution in [2.75, 3.05) is 39.4 Å². The van der Waals surface area contributed by atoms with Crippen LogP contribution in [0.5, 0.6) is 5.75 Å². The van der Waals surface area contributed by atoms with Gasteiger partial charge in [-0.1, -0.05) is 12.1 Å². The van der Waals surface area contributed by atoms with Crippen LogP contribution in [0.4, 0.5) is 8.78 Å². The minimum Gasteiger partial charge on any atom is -0.434 e. The number of rotatable bonds is 7. The molecule has 0 bridgehead atoms. The van der Waals surface area contributed by atoms with Gasteiger partial charge < -0.3 is 14.8 Å². The van der Waals surface area contributed by atoms with Gasteiger partial charge in [0, 0.05) is 31.7 Å². The van der Waals surface area contributed by atoms with Gasteiger partial charge in [0.2, 0.25) is 0 Å². The number of hydrogen-bond acceptors (Lipinski definition) is 5. The summed E-state index contributed by atoms with van der Waals surface area (Å²) in [6.07, 6.45) is 1.38. The summed E-state index contributed by atoms with van der Waals surface area (Å²) in [6, 6.07) is 6.39. The van der Waals surface area contributed by atoms with Crippen LogP contribution < -0.4 is 15.5 Å². The van der Waals surface area contributed by atoms with Crippen LogP contribution in [0.25, 0.3) is 0 Å². The predicted molar refractivity (Wildman–Crippen MR) is 91.7 cm³/mol. The third-order valence-electron chi connectivity index (χ3n) is 3.32. The van der Waals surface area contributed by atoms with Gasteiger partial charge in [-0.2, -0.15) is 13.9 Å². The molecule has 0 radical (unpaired) electrons. The van der Waals surface area contributed by atoms with E-state index >= 15 is 0 Å². The van der Waals surface area contributed by atoms with Gasteiger partial charge in [0.1, 0.15) is 5.75 Å². The van der Waals surface area contributed by atoms with Crippen molar-refractivity contribution in [1.82, 2.24) is 15.6 Å². The van der Waals surface area contributed by atoms with E-state index in [1.165, 1.54) is 12.3 Å². The Kier molecular flexibility index (Phi) is 7.80. The maximum absolute atomic E-state index is 12.3. The van der Waals surface area contributed by atoms with E-state index in [4.69, 9.17) is 17.0 Å². The van der Waals surface area contributed by atoms with Crippen molar-refractivity contribution in [3.05, 3.63) is 29.8 Å². The highest BCUT2D eigenvalue weighted by Gasteiger charge is 2.09. The first kappa shape index (κ1) is 18.5. The molecule has 1 aromatic carbocycles. The molecule has 0 aromatic heterocycles. The lowest BCUT2D eigenvalue weighted by Crippen LogP contribution is -2.42. The highest BCUT2D eigenvalue weighted by molar-refractivity contribution is 7.80. The van der Waals surface area contributed by atoms with Gasteiger partial charge in [-0.15, -0.1) is 0 Å². The van der Waals surface area contributed by atoms with E-state index < -0.39 is 6.61 Å². The predicted octanol–water partition coefficient (Wildman–Crippen LogP) is 1.42. The number of ether oxygens (including phenoxy) is 2. The fourth-order valence-corrected chi connectivity index (χ4v) is 2.30. The highest BCUT2D eigenvalue weighted by Crippen LogP contribution is 2.18. The minimum absolute atomic E-state index is 0.0595. The molecule has 1 aliphatic rings. The molecule has 132 valence electrons. The fraction of sp³-hybridized carbons (Fsp3) is 0.467. The highest BCUT2D eigenvalue weighted by atomic mass is 32.1. The SMILES string of the molecule is FC(F)Oc1ccccc1/C=N\NC(=S)NCCN1CCOCC1. The first-order valence-electron chi connectivity index (χ1n) is 7.56. The molecular formula is C15H20F2N4O2S. The van der Waals surface area contributed by atoms with E-state index in [1.807, 2.05) is 0 Å². The lowest BCUT2D eigenvalue weighted by molar-refractivity contribution is -0.0499. The number of nitrogens with one attached hydrogen (secondary N) is 2. The number of morpholine rings is 1. The Labute approximate surface area is 144 Å². The van der Waals surface area contributed by atoms with Crippen LogP contribution in [-0.2, 0) is 4.74 Å². The van der Waals surface area contributed by atoms with Crippen molar-refractivity contribution in [2.45, 2.75) is 6.61 Å². The van der Waals surface area contributed by atoms with Crippen molar-refractivity contribution in [2.24, 2.45) is 5.10 Å². The second-order valence-electron chi connectivity index (χ2n) is 5.00. The number of hydrogen-bond donors (Lipinski definition) is 2. The van der Waals surface area contributed by atoms with Gasteiger partial charge >= 0.3 is 6.61 Å². The molecular weight excluding hydrogens is 338 g/mol. The molecule has 2 rings (SSSR count). The van der Waals surface area contributed by atoms with Crippen LogP contribution in [0.2, 0.25) is 0 Å². The van der Waals surface area contributed by atoms with Crippen molar-refractivity contribution in [3.8, 4) is 5.75 Å². The Morgan fingerprint density at radius 2 is 2.12 bits per heavy atom. The number of benzene rings is 1.